The predicted octanol–water partition coefficient (Wildman–Crippen LogP) is 2.91. The van der Waals surface area contributed by atoms with Crippen molar-refractivity contribution in [3.8, 4) is 0 Å². The Morgan fingerprint density at radius 3 is 2.62 bits per heavy atom. The Kier molecular flexibility index (Phi) is 4.67. The minimum atomic E-state index is 0.661. The molecule has 0 atom stereocenters. The molecule has 74 valence electrons. The highest BCUT2D eigenvalue weighted by Crippen LogP contribution is 2.15. The van der Waals surface area contributed by atoms with Gasteiger partial charge in [0.05, 0.1) is 0 Å². The monoisotopic (exact) mass is 218 g/mol. The lowest BCUT2D eigenvalue weighted by atomic mass is 10.1. The largest absolute Gasteiger partial charge is 0.144 e. The molecule has 0 radical (unpaired) electrons. The van der Waals surface area contributed by atoms with E-state index in [2.05, 4.69) is 24.0 Å². The van der Waals surface area contributed by atoms with E-state index in [9.17, 15) is 0 Å². The molecule has 0 fully saturated rings. The molecule has 1 rings (SSSR count). The van der Waals surface area contributed by atoms with Gasteiger partial charge in [0.25, 0.3) is 0 Å². The Hall–Kier alpha value is -0.150. The molecule has 0 amide bonds. The first-order valence-corrected chi connectivity index (χ1v) is 5.94. The zero-order valence-corrected chi connectivity index (χ0v) is 9.66. The predicted molar refractivity (Wildman–Crippen MR) is 57.5 cm³/mol. The summed E-state index contributed by atoms with van der Waals surface area (Å²) in [6, 6.07) is 0. The quantitative estimate of drug-likeness (QED) is 0.711. The molecule has 0 aliphatic carbocycles. The minimum absolute atomic E-state index is 0.661. The van der Waals surface area contributed by atoms with Gasteiger partial charge >= 0.3 is 0 Å². The lowest BCUT2D eigenvalue weighted by Crippen LogP contribution is -1.92. The van der Waals surface area contributed by atoms with Crippen molar-refractivity contribution in [2.24, 2.45) is 5.92 Å². The van der Waals surface area contributed by atoms with E-state index in [1.165, 1.54) is 0 Å². The number of nitrogens with zero attached hydrogens (tertiary/aromatic N) is 2. The Bertz CT molecular complexity index is 248. The van der Waals surface area contributed by atoms with Gasteiger partial charge in [-0.25, -0.2) is 0 Å². The fourth-order valence-electron chi connectivity index (χ4n) is 1.04. The van der Waals surface area contributed by atoms with Gasteiger partial charge in [0.1, 0.15) is 10.0 Å². The zero-order chi connectivity index (χ0) is 9.68. The van der Waals surface area contributed by atoms with E-state index in [0.29, 0.717) is 11.8 Å². The Balaban J connectivity index is 2.44. The molecule has 1 aromatic rings. The van der Waals surface area contributed by atoms with E-state index in [0.717, 1.165) is 29.3 Å². The Labute approximate surface area is 88.3 Å². The molecule has 2 nitrogen and oxygen atoms in total. The third kappa shape index (κ3) is 4.05. The lowest BCUT2D eigenvalue weighted by Gasteiger charge is -1.96. The normalized spacial score (nSPS) is 11.1. The molecule has 0 saturated carbocycles. The van der Waals surface area contributed by atoms with Crippen LogP contribution in [0.25, 0.3) is 0 Å². The first-order chi connectivity index (χ1) is 6.22. The van der Waals surface area contributed by atoms with E-state index in [4.69, 9.17) is 11.6 Å². The van der Waals surface area contributed by atoms with Crippen LogP contribution in [0.15, 0.2) is 0 Å². The summed E-state index contributed by atoms with van der Waals surface area (Å²) in [5, 5.41) is 10.5. The maximum atomic E-state index is 5.60. The van der Waals surface area contributed by atoms with E-state index in [1.54, 1.807) is 11.3 Å². The smallest absolute Gasteiger partial charge is 0.117 e. The SMILES string of the molecule is CC(C)Cc1nnc(CCCCl)s1. The standard InChI is InChI=1S/C9H15ClN2S/c1-7(2)6-9-12-11-8(13-9)4-3-5-10/h7H,3-6H2,1-2H3. The van der Waals surface area contributed by atoms with Crippen LogP contribution in [0.2, 0.25) is 0 Å². The summed E-state index contributed by atoms with van der Waals surface area (Å²) >= 11 is 7.32. The summed E-state index contributed by atoms with van der Waals surface area (Å²) in [5.41, 5.74) is 0. The van der Waals surface area contributed by atoms with Crippen molar-refractivity contribution in [1.29, 1.82) is 0 Å². The second kappa shape index (κ2) is 5.55. The fourth-order valence-corrected chi connectivity index (χ4v) is 2.27. The second-order valence-electron chi connectivity index (χ2n) is 3.48. The number of hydrogen-bond donors (Lipinski definition) is 0. The number of aryl methyl sites for hydroxylation is 1. The van der Waals surface area contributed by atoms with Crippen molar-refractivity contribution in [2.75, 3.05) is 5.88 Å². The summed E-state index contributed by atoms with van der Waals surface area (Å²) in [7, 11) is 0. The van der Waals surface area contributed by atoms with Crippen LogP contribution in [0.5, 0.6) is 0 Å². The molecular weight excluding hydrogens is 204 g/mol. The van der Waals surface area contributed by atoms with Crippen molar-refractivity contribution in [2.45, 2.75) is 33.1 Å². The van der Waals surface area contributed by atoms with Crippen LogP contribution in [0.4, 0.5) is 0 Å². The molecule has 0 N–H and O–H groups in total. The van der Waals surface area contributed by atoms with Gasteiger partial charge in [-0.05, 0) is 12.3 Å². The molecule has 0 aromatic carbocycles. The van der Waals surface area contributed by atoms with Gasteiger partial charge in [0.2, 0.25) is 0 Å². The molecule has 0 aliphatic heterocycles. The summed E-state index contributed by atoms with van der Waals surface area (Å²) in [5.74, 6) is 1.37. The average molecular weight is 219 g/mol. The van der Waals surface area contributed by atoms with Crippen molar-refractivity contribution < 1.29 is 0 Å². The molecule has 0 spiro atoms. The summed E-state index contributed by atoms with van der Waals surface area (Å²) < 4.78 is 0. The van der Waals surface area contributed by atoms with Crippen LogP contribution in [0, 0.1) is 5.92 Å². The van der Waals surface area contributed by atoms with Gasteiger partial charge < -0.3 is 0 Å². The maximum absolute atomic E-state index is 5.60. The highest BCUT2D eigenvalue weighted by molar-refractivity contribution is 7.11. The highest BCUT2D eigenvalue weighted by Gasteiger charge is 2.05. The fraction of sp³-hybridized carbons (Fsp3) is 0.778. The molecule has 0 unspecified atom stereocenters. The highest BCUT2D eigenvalue weighted by atomic mass is 35.5. The van der Waals surface area contributed by atoms with Crippen molar-refractivity contribution in [3.05, 3.63) is 10.0 Å². The number of alkyl halides is 1. The van der Waals surface area contributed by atoms with Crippen molar-refractivity contribution in [3.63, 3.8) is 0 Å². The van der Waals surface area contributed by atoms with Gasteiger partial charge in [0.15, 0.2) is 0 Å². The van der Waals surface area contributed by atoms with E-state index in [1.807, 2.05) is 0 Å². The van der Waals surface area contributed by atoms with Crippen LogP contribution in [-0.4, -0.2) is 16.1 Å². The minimum Gasteiger partial charge on any atom is -0.144 e. The number of aromatic nitrogens is 2. The van der Waals surface area contributed by atoms with Gasteiger partial charge in [-0.1, -0.05) is 13.8 Å². The first kappa shape index (κ1) is 10.9. The number of rotatable bonds is 5. The molecule has 1 aromatic heterocycles. The van der Waals surface area contributed by atoms with Crippen LogP contribution in [-0.2, 0) is 12.8 Å². The van der Waals surface area contributed by atoms with Gasteiger partial charge in [-0.3, -0.25) is 0 Å². The molecule has 1 heterocycles. The van der Waals surface area contributed by atoms with Crippen molar-refractivity contribution in [1.82, 2.24) is 10.2 Å². The molecule has 0 aliphatic rings. The van der Waals surface area contributed by atoms with Gasteiger partial charge in [0, 0.05) is 18.7 Å². The van der Waals surface area contributed by atoms with E-state index < -0.39 is 0 Å². The number of hydrogen-bond acceptors (Lipinski definition) is 3. The summed E-state index contributed by atoms with van der Waals surface area (Å²) in [6.45, 7) is 4.39. The molecule has 0 saturated heterocycles. The third-order valence-corrected chi connectivity index (χ3v) is 2.89. The van der Waals surface area contributed by atoms with Crippen LogP contribution < -0.4 is 0 Å². The second-order valence-corrected chi connectivity index (χ2v) is 5.00. The lowest BCUT2D eigenvalue weighted by molar-refractivity contribution is 0.639. The van der Waals surface area contributed by atoms with Gasteiger partial charge in [-0.2, -0.15) is 0 Å². The zero-order valence-electron chi connectivity index (χ0n) is 8.09. The van der Waals surface area contributed by atoms with Crippen LogP contribution in [0.3, 0.4) is 0 Å². The van der Waals surface area contributed by atoms with Crippen molar-refractivity contribution >= 4 is 22.9 Å². The molecule has 13 heavy (non-hydrogen) atoms. The molecule has 0 bridgehead atoms. The van der Waals surface area contributed by atoms with E-state index in [-0.39, 0.29) is 0 Å². The number of halogens is 1. The van der Waals surface area contributed by atoms with Gasteiger partial charge in [-0.15, -0.1) is 33.1 Å². The van der Waals surface area contributed by atoms with Crippen LogP contribution >= 0.6 is 22.9 Å². The average Bonchev–Trinajstić information content (AvgIpc) is 2.48. The van der Waals surface area contributed by atoms with E-state index >= 15 is 0 Å². The first-order valence-electron chi connectivity index (χ1n) is 4.59. The molecule has 4 heteroatoms. The Morgan fingerprint density at radius 1 is 1.31 bits per heavy atom. The summed E-state index contributed by atoms with van der Waals surface area (Å²) in [6.07, 6.45) is 3.01. The molecular formula is C9H15ClN2S. The van der Waals surface area contributed by atoms with Crippen LogP contribution in [0.1, 0.15) is 30.3 Å². The topological polar surface area (TPSA) is 25.8 Å². The third-order valence-electron chi connectivity index (χ3n) is 1.62. The maximum Gasteiger partial charge on any atom is 0.117 e. The Morgan fingerprint density at radius 2 is 2.00 bits per heavy atom. The summed E-state index contributed by atoms with van der Waals surface area (Å²) in [4.78, 5) is 0.